The van der Waals surface area contributed by atoms with Crippen LogP contribution in [-0.4, -0.2) is 41.6 Å². The molecule has 1 heterocycles. The predicted octanol–water partition coefficient (Wildman–Crippen LogP) is 1.85. The van der Waals surface area contributed by atoms with Gasteiger partial charge < -0.3 is 15.3 Å². The van der Waals surface area contributed by atoms with E-state index < -0.39 is 5.97 Å². The molecule has 1 saturated heterocycles. The Morgan fingerprint density at radius 2 is 2.11 bits per heavy atom. The normalized spacial score (nSPS) is 26.4. The zero-order chi connectivity index (χ0) is 13.7. The van der Waals surface area contributed by atoms with Gasteiger partial charge in [0.2, 0.25) is 0 Å². The van der Waals surface area contributed by atoms with E-state index in [0.29, 0.717) is 19.0 Å². The first kappa shape index (κ1) is 13.9. The molecule has 0 radical (unpaired) electrons. The molecule has 2 atom stereocenters. The maximum atomic E-state index is 12.0. The van der Waals surface area contributed by atoms with E-state index in [2.05, 4.69) is 17.5 Å². The predicted molar refractivity (Wildman–Crippen MR) is 71.8 cm³/mol. The molecule has 0 aromatic rings. The van der Waals surface area contributed by atoms with Gasteiger partial charge in [-0.2, -0.15) is 0 Å². The van der Waals surface area contributed by atoms with Crippen LogP contribution in [0.25, 0.3) is 0 Å². The number of amides is 2. The van der Waals surface area contributed by atoms with E-state index in [1.807, 2.05) is 0 Å². The first-order valence-corrected chi connectivity index (χ1v) is 7.04. The SMILES string of the molecule is O=C(O)CC1CCN(C(=O)NCC2CC=CCC2)C1. The topological polar surface area (TPSA) is 69.6 Å². The molecule has 0 bridgehead atoms. The number of likely N-dealkylation sites (tertiary alicyclic amines) is 1. The average Bonchev–Trinajstić information content (AvgIpc) is 2.85. The van der Waals surface area contributed by atoms with Crippen molar-refractivity contribution in [3.05, 3.63) is 12.2 Å². The summed E-state index contributed by atoms with van der Waals surface area (Å²) in [6.07, 6.45) is 8.61. The van der Waals surface area contributed by atoms with Gasteiger partial charge in [0.1, 0.15) is 0 Å². The molecule has 2 unspecified atom stereocenters. The van der Waals surface area contributed by atoms with Gasteiger partial charge >= 0.3 is 12.0 Å². The first-order valence-electron chi connectivity index (χ1n) is 7.04. The summed E-state index contributed by atoms with van der Waals surface area (Å²) in [6, 6.07) is -0.0394. The standard InChI is InChI=1S/C14H22N2O3/c17-13(18)8-12-6-7-16(10-12)14(19)15-9-11-4-2-1-3-5-11/h1-2,11-12H,3-10H2,(H,15,19)(H,17,18). The molecular formula is C14H22N2O3. The monoisotopic (exact) mass is 266 g/mol. The number of carbonyl (C=O) groups is 2. The van der Waals surface area contributed by atoms with Crippen LogP contribution in [0.2, 0.25) is 0 Å². The molecule has 0 spiro atoms. The minimum atomic E-state index is -0.777. The van der Waals surface area contributed by atoms with Crippen molar-refractivity contribution in [2.45, 2.75) is 32.1 Å². The number of allylic oxidation sites excluding steroid dienone is 2. The van der Waals surface area contributed by atoms with Gasteiger partial charge in [-0.1, -0.05) is 12.2 Å². The third-order valence-electron chi connectivity index (χ3n) is 3.96. The summed E-state index contributed by atoms with van der Waals surface area (Å²) < 4.78 is 0. The smallest absolute Gasteiger partial charge is 0.317 e. The van der Waals surface area contributed by atoms with Crippen LogP contribution in [0.1, 0.15) is 32.1 Å². The lowest BCUT2D eigenvalue weighted by Crippen LogP contribution is -2.40. The van der Waals surface area contributed by atoms with E-state index in [1.54, 1.807) is 4.90 Å². The van der Waals surface area contributed by atoms with E-state index in [4.69, 9.17) is 5.11 Å². The number of nitrogens with one attached hydrogen (secondary N) is 1. The molecule has 5 heteroatoms. The van der Waals surface area contributed by atoms with Gasteiger partial charge in [0.15, 0.2) is 0 Å². The number of carbonyl (C=O) groups excluding carboxylic acids is 1. The molecular weight excluding hydrogens is 244 g/mol. The number of rotatable bonds is 4. The highest BCUT2D eigenvalue weighted by atomic mass is 16.4. The molecule has 1 aliphatic heterocycles. The van der Waals surface area contributed by atoms with Gasteiger partial charge in [-0.3, -0.25) is 4.79 Å². The number of urea groups is 1. The van der Waals surface area contributed by atoms with Crippen molar-refractivity contribution in [3.8, 4) is 0 Å². The Hall–Kier alpha value is -1.52. The Labute approximate surface area is 113 Å². The minimum Gasteiger partial charge on any atom is -0.481 e. The van der Waals surface area contributed by atoms with E-state index >= 15 is 0 Å². The fourth-order valence-corrected chi connectivity index (χ4v) is 2.82. The fourth-order valence-electron chi connectivity index (χ4n) is 2.82. The highest BCUT2D eigenvalue weighted by molar-refractivity contribution is 5.74. The van der Waals surface area contributed by atoms with E-state index in [1.165, 1.54) is 0 Å². The van der Waals surface area contributed by atoms with Gasteiger partial charge in [0.05, 0.1) is 0 Å². The van der Waals surface area contributed by atoms with Crippen LogP contribution < -0.4 is 5.32 Å². The maximum Gasteiger partial charge on any atom is 0.317 e. The van der Waals surface area contributed by atoms with Gasteiger partial charge in [-0.25, -0.2) is 4.79 Å². The summed E-state index contributed by atoms with van der Waals surface area (Å²) in [5.74, 6) is -0.117. The maximum absolute atomic E-state index is 12.0. The number of hydrogen-bond donors (Lipinski definition) is 2. The molecule has 0 aromatic heterocycles. The molecule has 1 aliphatic carbocycles. The molecule has 2 amide bonds. The summed E-state index contributed by atoms with van der Waals surface area (Å²) in [5, 5.41) is 11.7. The summed E-state index contributed by atoms with van der Waals surface area (Å²) in [5.41, 5.74) is 0. The Morgan fingerprint density at radius 1 is 1.26 bits per heavy atom. The number of aliphatic carboxylic acids is 1. The second kappa shape index (κ2) is 6.59. The number of hydrogen-bond acceptors (Lipinski definition) is 2. The number of carboxylic acid groups (broad SMARTS) is 1. The van der Waals surface area contributed by atoms with Crippen molar-refractivity contribution in [2.24, 2.45) is 11.8 Å². The van der Waals surface area contributed by atoms with Crippen molar-refractivity contribution < 1.29 is 14.7 Å². The van der Waals surface area contributed by atoms with E-state index in [-0.39, 0.29) is 18.4 Å². The molecule has 1 fully saturated rings. The average molecular weight is 266 g/mol. The third-order valence-corrected chi connectivity index (χ3v) is 3.96. The second-order valence-corrected chi connectivity index (χ2v) is 5.54. The van der Waals surface area contributed by atoms with Gasteiger partial charge in [0.25, 0.3) is 0 Å². The van der Waals surface area contributed by atoms with Crippen LogP contribution >= 0.6 is 0 Å². The highest BCUT2D eigenvalue weighted by Gasteiger charge is 2.27. The zero-order valence-corrected chi connectivity index (χ0v) is 11.2. The number of carboxylic acids is 1. The molecule has 106 valence electrons. The number of nitrogens with zero attached hydrogens (tertiary/aromatic N) is 1. The molecule has 2 aliphatic rings. The Bertz CT molecular complexity index is 368. The van der Waals surface area contributed by atoms with Crippen molar-refractivity contribution in [1.29, 1.82) is 0 Å². The Morgan fingerprint density at radius 3 is 2.79 bits per heavy atom. The van der Waals surface area contributed by atoms with Crippen LogP contribution in [0.3, 0.4) is 0 Å². The van der Waals surface area contributed by atoms with Crippen molar-refractivity contribution >= 4 is 12.0 Å². The van der Waals surface area contributed by atoms with Crippen LogP contribution in [0, 0.1) is 11.8 Å². The largest absolute Gasteiger partial charge is 0.481 e. The van der Waals surface area contributed by atoms with Crippen molar-refractivity contribution in [2.75, 3.05) is 19.6 Å². The molecule has 0 saturated carbocycles. The minimum absolute atomic E-state index is 0.0394. The quantitative estimate of drug-likeness (QED) is 0.763. The molecule has 19 heavy (non-hydrogen) atoms. The summed E-state index contributed by atoms with van der Waals surface area (Å²) in [6.45, 7) is 1.97. The summed E-state index contributed by atoms with van der Waals surface area (Å²) >= 11 is 0. The first-order chi connectivity index (χ1) is 9.15. The zero-order valence-electron chi connectivity index (χ0n) is 11.2. The van der Waals surface area contributed by atoms with Crippen LogP contribution in [0.4, 0.5) is 4.79 Å². The van der Waals surface area contributed by atoms with Crippen LogP contribution in [0.15, 0.2) is 12.2 Å². The molecule has 2 N–H and O–H groups in total. The third kappa shape index (κ3) is 4.26. The van der Waals surface area contributed by atoms with Gasteiger partial charge in [-0.05, 0) is 37.5 Å². The van der Waals surface area contributed by atoms with Gasteiger partial charge in [0, 0.05) is 26.1 Å². The highest BCUT2D eigenvalue weighted by Crippen LogP contribution is 2.20. The molecule has 5 nitrogen and oxygen atoms in total. The van der Waals surface area contributed by atoms with Crippen molar-refractivity contribution in [1.82, 2.24) is 10.2 Å². The second-order valence-electron chi connectivity index (χ2n) is 5.54. The lowest BCUT2D eigenvalue weighted by molar-refractivity contribution is -0.138. The summed E-state index contributed by atoms with van der Waals surface area (Å²) in [4.78, 5) is 24.3. The Kier molecular flexibility index (Phi) is 4.82. The summed E-state index contributed by atoms with van der Waals surface area (Å²) in [7, 11) is 0. The van der Waals surface area contributed by atoms with Crippen molar-refractivity contribution in [3.63, 3.8) is 0 Å². The molecule has 2 rings (SSSR count). The van der Waals surface area contributed by atoms with E-state index in [0.717, 1.165) is 32.2 Å². The van der Waals surface area contributed by atoms with Crippen LogP contribution in [-0.2, 0) is 4.79 Å². The van der Waals surface area contributed by atoms with Gasteiger partial charge in [-0.15, -0.1) is 0 Å². The van der Waals surface area contributed by atoms with E-state index in [9.17, 15) is 9.59 Å². The fraction of sp³-hybridized carbons (Fsp3) is 0.714. The lowest BCUT2D eigenvalue weighted by Gasteiger charge is -2.21. The Balaban J connectivity index is 1.69. The molecule has 0 aromatic carbocycles. The van der Waals surface area contributed by atoms with Crippen LogP contribution in [0.5, 0.6) is 0 Å². The lowest BCUT2D eigenvalue weighted by atomic mass is 9.94.